The zero-order valence-corrected chi connectivity index (χ0v) is 17.4. The largest absolute Gasteiger partial charge is 0.508 e. The lowest BCUT2D eigenvalue weighted by molar-refractivity contribution is 0.118. The molecule has 0 amide bonds. The van der Waals surface area contributed by atoms with E-state index in [9.17, 15) is 13.5 Å². The fourth-order valence-corrected chi connectivity index (χ4v) is 6.42. The Labute approximate surface area is 172 Å². The van der Waals surface area contributed by atoms with Gasteiger partial charge in [-0.25, -0.2) is 8.42 Å². The third kappa shape index (κ3) is 4.16. The van der Waals surface area contributed by atoms with Gasteiger partial charge in [0.1, 0.15) is 11.0 Å². The van der Waals surface area contributed by atoms with Crippen molar-refractivity contribution >= 4 is 21.5 Å². The summed E-state index contributed by atoms with van der Waals surface area (Å²) in [6, 6.07) is 17.3. The molecule has 2 aromatic carbocycles. The molecule has 2 aromatic rings. The summed E-state index contributed by atoms with van der Waals surface area (Å²) in [5.74, 6) is 0.427. The highest BCUT2D eigenvalue weighted by atomic mass is 32.2. The number of rotatable bonds is 6. The maximum absolute atomic E-state index is 12.4. The van der Waals surface area contributed by atoms with Crippen LogP contribution in [0.3, 0.4) is 0 Å². The van der Waals surface area contributed by atoms with Gasteiger partial charge in [-0.1, -0.05) is 61.0 Å². The highest BCUT2D eigenvalue weighted by molar-refractivity contribution is 7.92. The summed E-state index contributed by atoms with van der Waals surface area (Å²) in [6.45, 7) is 2.30. The van der Waals surface area contributed by atoms with Gasteiger partial charge in [-0.05, 0) is 53.7 Å². The molecule has 2 aliphatic rings. The molecule has 0 aliphatic carbocycles. The molecule has 5 heteroatoms. The zero-order chi connectivity index (χ0) is 20.4. The van der Waals surface area contributed by atoms with Crippen LogP contribution in [0.15, 0.2) is 65.7 Å². The highest BCUT2D eigenvalue weighted by Gasteiger charge is 2.46. The van der Waals surface area contributed by atoms with Crippen LogP contribution < -0.4 is 0 Å². The molecule has 4 rings (SSSR count). The fraction of sp³-hybridized carbons (Fsp3) is 0.333. The van der Waals surface area contributed by atoms with Crippen molar-refractivity contribution in [2.24, 2.45) is 0 Å². The third-order valence-corrected chi connectivity index (χ3v) is 7.83. The van der Waals surface area contributed by atoms with Crippen LogP contribution >= 0.6 is 0 Å². The summed E-state index contributed by atoms with van der Waals surface area (Å²) in [5, 5.41) is 9.35. The first kappa shape index (κ1) is 19.9. The highest BCUT2D eigenvalue weighted by Crippen LogP contribution is 2.40. The van der Waals surface area contributed by atoms with Crippen LogP contribution in [0.1, 0.15) is 37.3 Å². The molecule has 2 heterocycles. The second-order valence-electron chi connectivity index (χ2n) is 7.70. The lowest BCUT2D eigenvalue weighted by Crippen LogP contribution is -2.19. The Morgan fingerprint density at radius 3 is 2.69 bits per heavy atom. The Hall–Kier alpha value is -2.37. The Kier molecular flexibility index (Phi) is 5.61. The molecule has 4 nitrogen and oxygen atoms in total. The first-order chi connectivity index (χ1) is 14.0. The molecule has 152 valence electrons. The van der Waals surface area contributed by atoms with E-state index in [-0.39, 0.29) is 24.2 Å². The van der Waals surface area contributed by atoms with Gasteiger partial charge >= 0.3 is 0 Å². The minimum atomic E-state index is -3.10. The molecule has 0 aromatic heterocycles. The van der Waals surface area contributed by atoms with Crippen LogP contribution in [0.2, 0.25) is 0 Å². The van der Waals surface area contributed by atoms with Crippen LogP contribution in [0.4, 0.5) is 0 Å². The van der Waals surface area contributed by atoms with Gasteiger partial charge in [-0.3, -0.25) is 0 Å². The summed E-state index contributed by atoms with van der Waals surface area (Å²) < 4.78 is 30.8. The summed E-state index contributed by atoms with van der Waals surface area (Å²) in [7, 11) is -3.10. The second kappa shape index (κ2) is 8.17. The molecule has 0 bridgehead atoms. The van der Waals surface area contributed by atoms with E-state index in [1.807, 2.05) is 37.3 Å². The number of hydrogen-bond donors (Lipinski definition) is 1. The zero-order valence-electron chi connectivity index (χ0n) is 16.5. The topological polar surface area (TPSA) is 63.6 Å². The molecule has 2 atom stereocenters. The molecule has 2 aliphatic heterocycles. The SMILES string of the molecule is CCC1=C2[C@@H](CC/C(=C/c3cccc(O)c3)c3ccccc3)OC[C@@H]2S(=O)(=O)C1. The van der Waals surface area contributed by atoms with Crippen molar-refractivity contribution in [3.8, 4) is 5.75 Å². The molecule has 0 saturated carbocycles. The van der Waals surface area contributed by atoms with Gasteiger partial charge < -0.3 is 9.84 Å². The van der Waals surface area contributed by atoms with E-state index < -0.39 is 15.1 Å². The lowest BCUT2D eigenvalue weighted by Gasteiger charge is -2.15. The van der Waals surface area contributed by atoms with Crippen LogP contribution in [-0.2, 0) is 14.6 Å². The molecule has 0 unspecified atom stereocenters. The first-order valence-electron chi connectivity index (χ1n) is 10.1. The average molecular weight is 411 g/mol. The Morgan fingerprint density at radius 2 is 1.97 bits per heavy atom. The molecule has 1 fully saturated rings. The Morgan fingerprint density at radius 1 is 1.17 bits per heavy atom. The van der Waals surface area contributed by atoms with Crippen molar-refractivity contribution in [1.29, 1.82) is 0 Å². The lowest BCUT2D eigenvalue weighted by atomic mass is 9.93. The average Bonchev–Trinajstić information content (AvgIpc) is 3.25. The number of fused-ring (bicyclic) bond motifs is 1. The second-order valence-corrected chi connectivity index (χ2v) is 9.88. The van der Waals surface area contributed by atoms with Crippen molar-refractivity contribution in [1.82, 2.24) is 0 Å². The minimum absolute atomic E-state index is 0.136. The Balaban J connectivity index is 1.60. The maximum atomic E-state index is 12.4. The summed E-state index contributed by atoms with van der Waals surface area (Å²) in [4.78, 5) is 0. The number of aromatic hydroxyl groups is 1. The minimum Gasteiger partial charge on any atom is -0.508 e. The van der Waals surface area contributed by atoms with E-state index in [1.54, 1.807) is 12.1 Å². The van der Waals surface area contributed by atoms with E-state index in [4.69, 9.17) is 4.74 Å². The normalized spacial score (nSPS) is 23.4. The summed E-state index contributed by atoms with van der Waals surface area (Å²) >= 11 is 0. The first-order valence-corrected chi connectivity index (χ1v) is 11.8. The van der Waals surface area contributed by atoms with Gasteiger partial charge in [0.2, 0.25) is 0 Å². The molecule has 1 saturated heterocycles. The number of hydrogen-bond acceptors (Lipinski definition) is 4. The van der Waals surface area contributed by atoms with Crippen molar-refractivity contribution in [2.45, 2.75) is 37.5 Å². The van der Waals surface area contributed by atoms with Crippen molar-refractivity contribution in [2.75, 3.05) is 12.4 Å². The summed E-state index contributed by atoms with van der Waals surface area (Å²) in [6.07, 6.45) is 4.21. The smallest absolute Gasteiger partial charge is 0.163 e. The molecule has 29 heavy (non-hydrogen) atoms. The predicted octanol–water partition coefficient (Wildman–Crippen LogP) is 4.62. The number of sulfone groups is 1. The van der Waals surface area contributed by atoms with E-state index in [1.165, 1.54) is 0 Å². The van der Waals surface area contributed by atoms with E-state index in [0.29, 0.717) is 0 Å². The summed E-state index contributed by atoms with van der Waals surface area (Å²) in [5.41, 5.74) is 5.25. The van der Waals surface area contributed by atoms with Crippen LogP contribution in [0.5, 0.6) is 5.75 Å². The van der Waals surface area contributed by atoms with Gasteiger partial charge in [-0.2, -0.15) is 0 Å². The number of ether oxygens (including phenoxy) is 1. The monoisotopic (exact) mass is 410 g/mol. The van der Waals surface area contributed by atoms with Crippen molar-refractivity contribution < 1.29 is 18.3 Å². The molecule has 0 spiro atoms. The fourth-order valence-electron chi connectivity index (χ4n) is 4.37. The third-order valence-electron chi connectivity index (χ3n) is 5.82. The van der Waals surface area contributed by atoms with E-state index in [0.717, 1.165) is 47.1 Å². The van der Waals surface area contributed by atoms with Gasteiger partial charge in [0, 0.05) is 0 Å². The predicted molar refractivity (Wildman–Crippen MR) is 116 cm³/mol. The van der Waals surface area contributed by atoms with E-state index >= 15 is 0 Å². The van der Waals surface area contributed by atoms with Gasteiger partial charge in [0.05, 0.1) is 18.5 Å². The van der Waals surface area contributed by atoms with Crippen molar-refractivity contribution in [3.05, 3.63) is 76.9 Å². The standard InChI is InChI=1S/C24H26O4S/c1-2-18-16-29(26,27)23-15-28-22(24(18)23)12-11-20(19-8-4-3-5-9-19)13-17-7-6-10-21(25)14-17/h3-10,13-14,22-23,25H,2,11-12,15-16H2,1H3/b20-13-/t22-,23+/m1/s1. The van der Waals surface area contributed by atoms with Crippen LogP contribution in [0, 0.1) is 0 Å². The number of benzene rings is 2. The Bertz CT molecular complexity index is 1050. The van der Waals surface area contributed by atoms with Crippen LogP contribution in [0.25, 0.3) is 11.6 Å². The quantitative estimate of drug-likeness (QED) is 0.558. The molecule has 0 radical (unpaired) electrons. The van der Waals surface area contributed by atoms with Gasteiger partial charge in [-0.15, -0.1) is 0 Å². The van der Waals surface area contributed by atoms with Crippen LogP contribution in [-0.4, -0.2) is 37.2 Å². The molecular formula is C24H26O4S. The molecule has 1 N–H and O–H groups in total. The molecular weight excluding hydrogens is 384 g/mol. The number of phenols is 1. The maximum Gasteiger partial charge on any atom is 0.163 e. The van der Waals surface area contributed by atoms with Gasteiger partial charge in [0.25, 0.3) is 0 Å². The van der Waals surface area contributed by atoms with E-state index in [2.05, 4.69) is 18.2 Å². The van der Waals surface area contributed by atoms with Gasteiger partial charge in [0.15, 0.2) is 9.84 Å². The number of allylic oxidation sites excluding steroid dienone is 1. The van der Waals surface area contributed by atoms with Crippen molar-refractivity contribution in [3.63, 3.8) is 0 Å². The number of phenolic OH excluding ortho intramolecular Hbond substituents is 1.